The van der Waals surface area contributed by atoms with Gasteiger partial charge in [0.15, 0.2) is 0 Å². The first-order valence-corrected chi connectivity index (χ1v) is 6.93. The molecule has 0 saturated heterocycles. The number of hydrogen-bond donors (Lipinski definition) is 0. The summed E-state index contributed by atoms with van der Waals surface area (Å²) in [6.45, 7) is 0. The first-order chi connectivity index (χ1) is 9.33. The van der Waals surface area contributed by atoms with Crippen molar-refractivity contribution in [3.63, 3.8) is 0 Å². The van der Waals surface area contributed by atoms with E-state index < -0.39 is 0 Å². The fraction of sp³-hybridized carbons (Fsp3) is 0. The molecule has 0 bridgehead atoms. The minimum absolute atomic E-state index is 0.650. The summed E-state index contributed by atoms with van der Waals surface area (Å²) < 4.78 is 2.39. The van der Waals surface area contributed by atoms with Crippen molar-refractivity contribution >= 4 is 27.7 Å². The van der Waals surface area contributed by atoms with Crippen LogP contribution in [0.15, 0.2) is 57.5 Å². The van der Waals surface area contributed by atoms with Crippen molar-refractivity contribution in [3.8, 4) is 5.69 Å². The van der Waals surface area contributed by atoms with Crippen molar-refractivity contribution in [2.45, 2.75) is 10.2 Å². The molecule has 3 rings (SSSR count). The molecule has 6 nitrogen and oxygen atoms in total. The minimum Gasteiger partial charge on any atom is -0.229 e. The lowest BCUT2D eigenvalue weighted by molar-refractivity contribution is 0.756. The van der Waals surface area contributed by atoms with Gasteiger partial charge in [-0.1, -0.05) is 18.2 Å². The fourth-order valence-electron chi connectivity index (χ4n) is 1.44. The summed E-state index contributed by atoms with van der Waals surface area (Å²) in [5.41, 5.74) is 0.906. The van der Waals surface area contributed by atoms with Crippen molar-refractivity contribution in [2.24, 2.45) is 0 Å². The SMILES string of the molecule is Brc1cc(Sc2nnnn2-c2ccccc2)ncn1. The van der Waals surface area contributed by atoms with Crippen molar-refractivity contribution in [3.05, 3.63) is 47.3 Å². The summed E-state index contributed by atoms with van der Waals surface area (Å²) in [5, 5.41) is 13.1. The Morgan fingerprint density at radius 1 is 1.11 bits per heavy atom. The maximum Gasteiger partial charge on any atom is 0.220 e. The predicted octanol–water partition coefficient (Wildman–Crippen LogP) is 2.37. The lowest BCUT2D eigenvalue weighted by Gasteiger charge is -2.03. The second-order valence-corrected chi connectivity index (χ2v) is 5.29. The van der Waals surface area contributed by atoms with Crippen molar-refractivity contribution < 1.29 is 0 Å². The van der Waals surface area contributed by atoms with Crippen LogP contribution in [0.3, 0.4) is 0 Å². The third-order valence-corrected chi connectivity index (χ3v) is 3.55. The molecule has 0 atom stereocenters. The molecule has 3 aromatic rings. The molecule has 0 spiro atoms. The van der Waals surface area contributed by atoms with Gasteiger partial charge in [-0.2, -0.15) is 4.68 Å². The van der Waals surface area contributed by atoms with Crippen LogP contribution in [-0.4, -0.2) is 30.2 Å². The highest BCUT2D eigenvalue weighted by molar-refractivity contribution is 9.10. The van der Waals surface area contributed by atoms with E-state index in [4.69, 9.17) is 0 Å². The third kappa shape index (κ3) is 2.79. The van der Waals surface area contributed by atoms with Crippen molar-refractivity contribution in [1.29, 1.82) is 0 Å². The zero-order valence-electron chi connectivity index (χ0n) is 9.51. The highest BCUT2D eigenvalue weighted by Gasteiger charge is 2.10. The van der Waals surface area contributed by atoms with Crippen LogP contribution >= 0.6 is 27.7 Å². The minimum atomic E-state index is 0.650. The number of rotatable bonds is 3. The van der Waals surface area contributed by atoms with Gasteiger partial charge >= 0.3 is 0 Å². The second kappa shape index (κ2) is 5.45. The van der Waals surface area contributed by atoms with Gasteiger partial charge in [0.25, 0.3) is 0 Å². The Balaban J connectivity index is 1.93. The van der Waals surface area contributed by atoms with Crippen molar-refractivity contribution in [1.82, 2.24) is 30.2 Å². The Labute approximate surface area is 121 Å². The molecule has 2 aromatic heterocycles. The van der Waals surface area contributed by atoms with Gasteiger partial charge in [0.05, 0.1) is 5.69 Å². The molecule has 2 heterocycles. The molecule has 0 amide bonds. The van der Waals surface area contributed by atoms with Gasteiger partial charge in [-0.15, -0.1) is 5.10 Å². The first kappa shape index (κ1) is 12.2. The zero-order valence-corrected chi connectivity index (χ0v) is 11.9. The Morgan fingerprint density at radius 3 is 2.74 bits per heavy atom. The maximum atomic E-state index is 4.16. The van der Waals surface area contributed by atoms with Crippen molar-refractivity contribution in [2.75, 3.05) is 0 Å². The average molecular weight is 335 g/mol. The molecule has 0 radical (unpaired) electrons. The molecule has 0 aliphatic heterocycles. The Hall–Kier alpha value is -1.80. The number of aromatic nitrogens is 6. The van der Waals surface area contributed by atoms with E-state index in [-0.39, 0.29) is 0 Å². The Morgan fingerprint density at radius 2 is 1.95 bits per heavy atom. The number of benzene rings is 1. The van der Waals surface area contributed by atoms with Gasteiger partial charge in [0.2, 0.25) is 5.16 Å². The van der Waals surface area contributed by atoms with Crippen LogP contribution in [0.5, 0.6) is 0 Å². The summed E-state index contributed by atoms with van der Waals surface area (Å²) in [6.07, 6.45) is 1.49. The summed E-state index contributed by atoms with van der Waals surface area (Å²) >= 11 is 4.68. The van der Waals surface area contributed by atoms with E-state index >= 15 is 0 Å². The quantitative estimate of drug-likeness (QED) is 0.685. The molecule has 19 heavy (non-hydrogen) atoms. The van der Waals surface area contributed by atoms with Gasteiger partial charge in [-0.05, 0) is 50.3 Å². The topological polar surface area (TPSA) is 69.4 Å². The predicted molar refractivity (Wildman–Crippen MR) is 73.0 cm³/mol. The smallest absolute Gasteiger partial charge is 0.220 e. The highest BCUT2D eigenvalue weighted by atomic mass is 79.9. The standard InChI is InChI=1S/C11H7BrN6S/c12-9-6-10(14-7-13-9)19-11-15-16-17-18(11)8-4-2-1-3-5-8/h1-7H. The maximum absolute atomic E-state index is 4.16. The van der Waals surface area contributed by atoms with E-state index in [0.717, 1.165) is 15.3 Å². The van der Waals surface area contributed by atoms with E-state index in [9.17, 15) is 0 Å². The molecule has 0 aliphatic carbocycles. The van der Waals surface area contributed by atoms with E-state index in [1.165, 1.54) is 18.1 Å². The third-order valence-electron chi connectivity index (χ3n) is 2.25. The fourth-order valence-corrected chi connectivity index (χ4v) is 2.66. The van der Waals surface area contributed by atoms with Crippen LogP contribution in [0.25, 0.3) is 5.69 Å². The van der Waals surface area contributed by atoms with Gasteiger partial charge < -0.3 is 0 Å². The van der Waals surface area contributed by atoms with Crippen LogP contribution in [0.2, 0.25) is 0 Å². The molecular formula is C11H7BrN6S. The van der Waals surface area contributed by atoms with E-state index in [2.05, 4.69) is 41.4 Å². The zero-order chi connectivity index (χ0) is 13.1. The summed E-state index contributed by atoms with van der Waals surface area (Å²) in [6, 6.07) is 11.5. The van der Waals surface area contributed by atoms with Crippen LogP contribution < -0.4 is 0 Å². The monoisotopic (exact) mass is 334 g/mol. The normalized spacial score (nSPS) is 10.6. The number of para-hydroxylation sites is 1. The number of nitrogens with zero attached hydrogens (tertiary/aromatic N) is 6. The van der Waals surface area contributed by atoms with Crippen LogP contribution in [0.1, 0.15) is 0 Å². The summed E-state index contributed by atoms with van der Waals surface area (Å²) in [5.74, 6) is 0. The largest absolute Gasteiger partial charge is 0.229 e. The average Bonchev–Trinajstić information content (AvgIpc) is 2.88. The molecule has 0 unspecified atom stereocenters. The Kier molecular flexibility index (Phi) is 3.51. The molecule has 0 fully saturated rings. The Bertz CT molecular complexity index is 686. The highest BCUT2D eigenvalue weighted by Crippen LogP contribution is 2.26. The number of halogens is 1. The molecule has 8 heteroatoms. The lowest BCUT2D eigenvalue weighted by Crippen LogP contribution is -1.98. The van der Waals surface area contributed by atoms with Crippen LogP contribution in [0.4, 0.5) is 0 Å². The first-order valence-electron chi connectivity index (χ1n) is 5.32. The number of hydrogen-bond acceptors (Lipinski definition) is 6. The molecule has 0 saturated carbocycles. The van der Waals surface area contributed by atoms with Gasteiger partial charge in [-0.3, -0.25) is 0 Å². The summed E-state index contributed by atoms with van der Waals surface area (Å²) in [4.78, 5) is 8.15. The molecule has 1 aromatic carbocycles. The van der Waals surface area contributed by atoms with E-state index in [0.29, 0.717) is 5.16 Å². The van der Waals surface area contributed by atoms with Gasteiger partial charge in [-0.25, -0.2) is 9.97 Å². The molecular weight excluding hydrogens is 328 g/mol. The van der Waals surface area contributed by atoms with Gasteiger partial charge in [0, 0.05) is 6.07 Å². The second-order valence-electron chi connectivity index (χ2n) is 3.49. The molecule has 0 aliphatic rings. The van der Waals surface area contributed by atoms with E-state index in [1.807, 2.05) is 36.4 Å². The van der Waals surface area contributed by atoms with E-state index in [1.54, 1.807) is 4.68 Å². The summed E-state index contributed by atoms with van der Waals surface area (Å²) in [7, 11) is 0. The molecule has 94 valence electrons. The van der Waals surface area contributed by atoms with Gasteiger partial charge in [0.1, 0.15) is 16.0 Å². The van der Waals surface area contributed by atoms with Crippen LogP contribution in [-0.2, 0) is 0 Å². The lowest BCUT2D eigenvalue weighted by atomic mass is 10.3. The molecule has 0 N–H and O–H groups in total. The number of tetrazole rings is 1. The van der Waals surface area contributed by atoms with Crippen LogP contribution in [0, 0.1) is 0 Å².